The number of carbonyl (C=O) groups is 1. The first-order valence-electron chi connectivity index (χ1n) is 13.3. The lowest BCUT2D eigenvalue weighted by Gasteiger charge is -2.26. The van der Waals surface area contributed by atoms with Crippen molar-refractivity contribution in [2.45, 2.75) is 40.0 Å². The van der Waals surface area contributed by atoms with Crippen molar-refractivity contribution >= 4 is 23.2 Å². The van der Waals surface area contributed by atoms with Crippen LogP contribution in [0.25, 0.3) is 11.3 Å². The van der Waals surface area contributed by atoms with Crippen LogP contribution in [0.2, 0.25) is 0 Å². The highest BCUT2D eigenvalue weighted by atomic mass is 16.1. The monoisotopic (exact) mass is 521 g/mol. The molecule has 8 nitrogen and oxygen atoms in total. The lowest BCUT2D eigenvalue weighted by Crippen LogP contribution is -2.30. The number of rotatable bonds is 7. The molecule has 39 heavy (non-hydrogen) atoms. The third-order valence-electron chi connectivity index (χ3n) is 6.82. The van der Waals surface area contributed by atoms with Gasteiger partial charge >= 0.3 is 0 Å². The van der Waals surface area contributed by atoms with Crippen LogP contribution in [0.15, 0.2) is 73.3 Å². The van der Waals surface area contributed by atoms with Crippen LogP contribution in [0.1, 0.15) is 54.7 Å². The number of amides is 1. The number of nitrogens with zero attached hydrogens (tertiary/aromatic N) is 5. The van der Waals surface area contributed by atoms with E-state index < -0.39 is 0 Å². The van der Waals surface area contributed by atoms with Gasteiger partial charge in [0.1, 0.15) is 0 Å². The van der Waals surface area contributed by atoms with Gasteiger partial charge in [-0.25, -0.2) is 9.97 Å². The van der Waals surface area contributed by atoms with Gasteiger partial charge in [0.2, 0.25) is 5.95 Å². The number of benzene rings is 1. The molecule has 5 rings (SSSR count). The van der Waals surface area contributed by atoms with Gasteiger partial charge in [0.15, 0.2) is 0 Å². The average molecular weight is 522 g/mol. The molecular weight excluding hydrogens is 486 g/mol. The molecular formula is C31H35N7O. The fourth-order valence-electron chi connectivity index (χ4n) is 4.97. The van der Waals surface area contributed by atoms with Gasteiger partial charge in [-0.1, -0.05) is 32.9 Å². The third-order valence-corrected chi connectivity index (χ3v) is 6.82. The van der Waals surface area contributed by atoms with Gasteiger partial charge in [0, 0.05) is 42.8 Å². The lowest BCUT2D eigenvalue weighted by molar-refractivity contribution is 0.102. The van der Waals surface area contributed by atoms with Crippen molar-refractivity contribution in [3.63, 3.8) is 0 Å². The van der Waals surface area contributed by atoms with Gasteiger partial charge in [0.05, 0.1) is 29.0 Å². The first-order chi connectivity index (χ1) is 18.7. The van der Waals surface area contributed by atoms with E-state index in [4.69, 9.17) is 0 Å². The van der Waals surface area contributed by atoms with Crippen molar-refractivity contribution in [1.29, 1.82) is 0 Å². The maximum absolute atomic E-state index is 13.0. The van der Waals surface area contributed by atoms with E-state index in [1.54, 1.807) is 24.8 Å². The number of hydrogen-bond acceptors (Lipinski definition) is 7. The summed E-state index contributed by atoms with van der Waals surface area (Å²) in [6.45, 7) is 12.0. The number of nitrogens with one attached hydrogen (secondary N) is 2. The molecule has 2 N–H and O–H groups in total. The zero-order valence-electron chi connectivity index (χ0n) is 23.0. The van der Waals surface area contributed by atoms with Gasteiger partial charge in [-0.2, -0.15) is 0 Å². The van der Waals surface area contributed by atoms with Crippen LogP contribution < -0.4 is 10.6 Å². The van der Waals surface area contributed by atoms with E-state index >= 15 is 0 Å². The molecule has 1 aromatic carbocycles. The van der Waals surface area contributed by atoms with E-state index in [0.29, 0.717) is 34.2 Å². The SMILES string of the molecule is Cc1ncc(NC(=O)c2ccc(C3CCN(CC(C)(C)C)C3)cc2)cc1Nc1nccc(-c2cccnc2)n1. The number of aromatic nitrogens is 4. The molecule has 0 saturated carbocycles. The van der Waals surface area contributed by atoms with Gasteiger partial charge in [-0.3, -0.25) is 14.8 Å². The summed E-state index contributed by atoms with van der Waals surface area (Å²) < 4.78 is 0. The van der Waals surface area contributed by atoms with Crippen LogP contribution in [-0.4, -0.2) is 50.4 Å². The summed E-state index contributed by atoms with van der Waals surface area (Å²) in [6.07, 6.45) is 7.99. The van der Waals surface area contributed by atoms with Crippen molar-refractivity contribution in [1.82, 2.24) is 24.8 Å². The Labute approximate surface area is 230 Å². The fourth-order valence-corrected chi connectivity index (χ4v) is 4.97. The second-order valence-electron chi connectivity index (χ2n) is 11.3. The summed E-state index contributed by atoms with van der Waals surface area (Å²) in [6, 6.07) is 15.5. The maximum atomic E-state index is 13.0. The Hall–Kier alpha value is -4.17. The number of anilines is 3. The second-order valence-corrected chi connectivity index (χ2v) is 11.3. The molecule has 4 heterocycles. The Morgan fingerprint density at radius 2 is 1.87 bits per heavy atom. The Bertz CT molecular complexity index is 1430. The maximum Gasteiger partial charge on any atom is 0.255 e. The van der Waals surface area contributed by atoms with Crippen molar-refractivity contribution in [2.24, 2.45) is 5.41 Å². The molecule has 3 aromatic heterocycles. The molecule has 8 heteroatoms. The van der Waals surface area contributed by atoms with Gasteiger partial charge in [-0.15, -0.1) is 0 Å². The zero-order valence-corrected chi connectivity index (χ0v) is 23.0. The Kier molecular flexibility index (Phi) is 7.65. The summed E-state index contributed by atoms with van der Waals surface area (Å²) in [5.41, 5.74) is 5.95. The average Bonchev–Trinajstić information content (AvgIpc) is 3.38. The molecule has 1 aliphatic rings. The number of hydrogen-bond donors (Lipinski definition) is 2. The normalized spacial score (nSPS) is 15.7. The van der Waals surface area contributed by atoms with Crippen LogP contribution in [0.5, 0.6) is 0 Å². The van der Waals surface area contributed by atoms with Crippen molar-refractivity contribution in [3.8, 4) is 11.3 Å². The first-order valence-corrected chi connectivity index (χ1v) is 13.3. The molecule has 1 atom stereocenters. The quantitative estimate of drug-likeness (QED) is 0.305. The van der Waals surface area contributed by atoms with E-state index in [1.165, 1.54) is 5.56 Å². The minimum absolute atomic E-state index is 0.172. The van der Waals surface area contributed by atoms with Gasteiger partial charge < -0.3 is 15.5 Å². The van der Waals surface area contributed by atoms with Gasteiger partial charge in [-0.05, 0) is 73.2 Å². The van der Waals surface area contributed by atoms with E-state index in [-0.39, 0.29) is 5.91 Å². The number of carbonyl (C=O) groups excluding carboxylic acids is 1. The van der Waals surface area contributed by atoms with Crippen LogP contribution in [0, 0.1) is 12.3 Å². The Morgan fingerprint density at radius 1 is 1.05 bits per heavy atom. The number of aryl methyl sites for hydroxylation is 1. The minimum atomic E-state index is -0.172. The predicted molar refractivity (Wildman–Crippen MR) is 155 cm³/mol. The molecule has 1 saturated heterocycles. The summed E-state index contributed by atoms with van der Waals surface area (Å²) in [7, 11) is 0. The van der Waals surface area contributed by atoms with Crippen LogP contribution >= 0.6 is 0 Å². The molecule has 0 bridgehead atoms. The van der Waals surface area contributed by atoms with E-state index in [0.717, 1.165) is 43.0 Å². The summed E-state index contributed by atoms with van der Waals surface area (Å²) in [5, 5.41) is 6.20. The standard InChI is InChI=1S/C31H35N7O/c1-21-28(37-30-33-14-11-27(36-30)24-6-5-13-32-17-24)16-26(18-34-21)35-29(39)23-9-7-22(8-10-23)25-12-15-38(19-25)20-31(2,3)4/h5-11,13-14,16-18,25H,12,15,19-20H2,1-4H3,(H,35,39)(H,33,36,37). The van der Waals surface area contributed by atoms with E-state index in [2.05, 4.69) is 68.4 Å². The highest BCUT2D eigenvalue weighted by Gasteiger charge is 2.27. The first kappa shape index (κ1) is 26.4. The Balaban J connectivity index is 1.23. The molecule has 1 unspecified atom stereocenters. The van der Waals surface area contributed by atoms with Crippen molar-refractivity contribution < 1.29 is 4.79 Å². The van der Waals surface area contributed by atoms with E-state index in [9.17, 15) is 4.79 Å². The van der Waals surface area contributed by atoms with Gasteiger partial charge in [0.25, 0.3) is 5.91 Å². The zero-order chi connectivity index (χ0) is 27.4. The van der Waals surface area contributed by atoms with Crippen LogP contribution in [0.4, 0.5) is 17.3 Å². The summed E-state index contributed by atoms with van der Waals surface area (Å²) in [4.78, 5) is 33.1. The minimum Gasteiger partial charge on any atom is -0.322 e. The topological polar surface area (TPSA) is 95.9 Å². The van der Waals surface area contributed by atoms with Crippen molar-refractivity contribution in [2.75, 3.05) is 30.3 Å². The van der Waals surface area contributed by atoms with E-state index in [1.807, 2.05) is 43.3 Å². The molecule has 200 valence electrons. The molecule has 0 aliphatic carbocycles. The lowest BCUT2D eigenvalue weighted by atomic mass is 9.95. The molecule has 4 aromatic rings. The second kappa shape index (κ2) is 11.3. The predicted octanol–water partition coefficient (Wildman–Crippen LogP) is 6.07. The molecule has 0 spiro atoms. The summed E-state index contributed by atoms with van der Waals surface area (Å²) in [5.74, 6) is 0.778. The largest absolute Gasteiger partial charge is 0.322 e. The van der Waals surface area contributed by atoms with Crippen LogP contribution in [-0.2, 0) is 0 Å². The smallest absolute Gasteiger partial charge is 0.255 e. The van der Waals surface area contributed by atoms with Crippen LogP contribution in [0.3, 0.4) is 0 Å². The fraction of sp³-hybridized carbons (Fsp3) is 0.323. The number of pyridine rings is 2. The number of likely N-dealkylation sites (tertiary alicyclic amines) is 1. The highest BCUT2D eigenvalue weighted by molar-refractivity contribution is 6.04. The summed E-state index contributed by atoms with van der Waals surface area (Å²) >= 11 is 0. The third kappa shape index (κ3) is 6.83. The molecule has 1 aliphatic heterocycles. The molecule has 1 fully saturated rings. The molecule has 0 radical (unpaired) electrons. The van der Waals surface area contributed by atoms with Crippen molar-refractivity contribution in [3.05, 3.63) is 90.1 Å². The highest BCUT2D eigenvalue weighted by Crippen LogP contribution is 2.30. The molecule has 1 amide bonds. The Morgan fingerprint density at radius 3 is 2.62 bits per heavy atom.